The molecule has 0 fully saturated rings. The zero-order valence-electron chi connectivity index (χ0n) is 12.3. The second-order valence-electron chi connectivity index (χ2n) is 4.59. The number of methoxy groups -OCH3 is 1. The fraction of sp³-hybridized carbons (Fsp3) is 0.750. The van der Waals surface area contributed by atoms with Crippen LogP contribution in [0.1, 0.15) is 20.3 Å². The van der Waals surface area contributed by atoms with Crippen LogP contribution in [0.25, 0.3) is 0 Å². The van der Waals surface area contributed by atoms with Crippen molar-refractivity contribution in [1.29, 1.82) is 0 Å². The fourth-order valence-electron chi connectivity index (χ4n) is 1.49. The third-order valence-electron chi connectivity index (χ3n) is 2.83. The minimum atomic E-state index is -3.51. The zero-order chi connectivity index (χ0) is 15.0. The van der Waals surface area contributed by atoms with E-state index in [1.54, 1.807) is 18.7 Å². The lowest BCUT2D eigenvalue weighted by molar-refractivity contribution is 0.122. The SMILES string of the molecule is CCCNCCn1cc(S(=O)(=O)NCC(C)OC)cn1. The van der Waals surface area contributed by atoms with Crippen LogP contribution in [0, 0.1) is 0 Å². The predicted molar refractivity (Wildman–Crippen MR) is 77.0 cm³/mol. The monoisotopic (exact) mass is 304 g/mol. The van der Waals surface area contributed by atoms with E-state index >= 15 is 0 Å². The van der Waals surface area contributed by atoms with Crippen molar-refractivity contribution in [2.24, 2.45) is 0 Å². The van der Waals surface area contributed by atoms with Gasteiger partial charge in [-0.1, -0.05) is 6.92 Å². The summed E-state index contributed by atoms with van der Waals surface area (Å²) in [5.41, 5.74) is 0. The summed E-state index contributed by atoms with van der Waals surface area (Å²) in [6.45, 7) is 6.49. The van der Waals surface area contributed by atoms with Crippen LogP contribution >= 0.6 is 0 Å². The fourth-order valence-corrected chi connectivity index (χ4v) is 2.56. The van der Waals surface area contributed by atoms with Crippen molar-refractivity contribution in [2.45, 2.75) is 37.8 Å². The number of hydrogen-bond acceptors (Lipinski definition) is 5. The maximum Gasteiger partial charge on any atom is 0.243 e. The molecule has 0 aliphatic heterocycles. The van der Waals surface area contributed by atoms with Crippen molar-refractivity contribution >= 4 is 10.0 Å². The molecule has 1 heterocycles. The number of sulfonamides is 1. The third kappa shape index (κ3) is 5.58. The van der Waals surface area contributed by atoms with E-state index < -0.39 is 10.0 Å². The topological polar surface area (TPSA) is 85.2 Å². The number of aromatic nitrogens is 2. The minimum absolute atomic E-state index is 0.168. The van der Waals surface area contributed by atoms with Crippen LogP contribution < -0.4 is 10.0 Å². The largest absolute Gasteiger partial charge is 0.380 e. The Hall–Kier alpha value is -0.960. The van der Waals surface area contributed by atoms with Crippen LogP contribution in [0.3, 0.4) is 0 Å². The molecule has 20 heavy (non-hydrogen) atoms. The highest BCUT2D eigenvalue weighted by atomic mass is 32.2. The molecule has 2 N–H and O–H groups in total. The molecule has 116 valence electrons. The van der Waals surface area contributed by atoms with E-state index in [9.17, 15) is 8.42 Å². The van der Waals surface area contributed by atoms with Gasteiger partial charge in [0.1, 0.15) is 4.90 Å². The molecule has 0 spiro atoms. The normalized spacial score (nSPS) is 13.6. The van der Waals surface area contributed by atoms with E-state index in [0.29, 0.717) is 6.54 Å². The van der Waals surface area contributed by atoms with Crippen molar-refractivity contribution in [3.05, 3.63) is 12.4 Å². The number of hydrogen-bond donors (Lipinski definition) is 2. The predicted octanol–water partition coefficient (Wildman–Crippen LogP) is 0.196. The van der Waals surface area contributed by atoms with Gasteiger partial charge in [-0.05, 0) is 19.9 Å². The van der Waals surface area contributed by atoms with Gasteiger partial charge in [-0.15, -0.1) is 0 Å². The van der Waals surface area contributed by atoms with Gasteiger partial charge in [0, 0.05) is 26.4 Å². The molecule has 0 saturated carbocycles. The van der Waals surface area contributed by atoms with Crippen molar-refractivity contribution in [2.75, 3.05) is 26.7 Å². The lowest BCUT2D eigenvalue weighted by Gasteiger charge is -2.10. The van der Waals surface area contributed by atoms with E-state index in [1.807, 2.05) is 0 Å². The van der Waals surface area contributed by atoms with Crippen molar-refractivity contribution < 1.29 is 13.2 Å². The maximum absolute atomic E-state index is 12.0. The molecule has 1 aromatic heterocycles. The summed E-state index contributed by atoms with van der Waals surface area (Å²) in [5.74, 6) is 0. The Labute approximate surface area is 120 Å². The Bertz CT molecular complexity index is 487. The molecule has 1 atom stereocenters. The van der Waals surface area contributed by atoms with Crippen LogP contribution in [0.2, 0.25) is 0 Å². The summed E-state index contributed by atoms with van der Waals surface area (Å²) < 4.78 is 33.1. The average Bonchev–Trinajstić information content (AvgIpc) is 2.90. The van der Waals surface area contributed by atoms with Crippen LogP contribution in [-0.4, -0.2) is 51.0 Å². The van der Waals surface area contributed by atoms with Crippen molar-refractivity contribution in [1.82, 2.24) is 19.8 Å². The number of nitrogens with zero attached hydrogens (tertiary/aromatic N) is 2. The Morgan fingerprint density at radius 1 is 1.45 bits per heavy atom. The van der Waals surface area contributed by atoms with E-state index in [0.717, 1.165) is 19.5 Å². The lowest BCUT2D eigenvalue weighted by atomic mass is 10.4. The number of rotatable bonds is 10. The van der Waals surface area contributed by atoms with Gasteiger partial charge in [0.25, 0.3) is 0 Å². The van der Waals surface area contributed by atoms with Crippen LogP contribution in [0.4, 0.5) is 0 Å². The van der Waals surface area contributed by atoms with Gasteiger partial charge in [0.2, 0.25) is 10.0 Å². The maximum atomic E-state index is 12.0. The lowest BCUT2D eigenvalue weighted by Crippen LogP contribution is -2.31. The molecule has 0 saturated heterocycles. The molecule has 8 heteroatoms. The molecule has 0 aliphatic carbocycles. The molecule has 0 aliphatic rings. The smallest absolute Gasteiger partial charge is 0.243 e. The number of ether oxygens (including phenoxy) is 1. The second kappa shape index (κ2) is 8.35. The second-order valence-corrected chi connectivity index (χ2v) is 6.35. The summed E-state index contributed by atoms with van der Waals surface area (Å²) in [6, 6.07) is 0. The van der Waals surface area contributed by atoms with Crippen LogP contribution in [0.15, 0.2) is 17.3 Å². The van der Waals surface area contributed by atoms with Crippen LogP contribution in [-0.2, 0) is 21.3 Å². The zero-order valence-corrected chi connectivity index (χ0v) is 13.1. The van der Waals surface area contributed by atoms with Crippen LogP contribution in [0.5, 0.6) is 0 Å². The summed E-state index contributed by atoms with van der Waals surface area (Å²) in [7, 11) is -1.97. The molecule has 7 nitrogen and oxygen atoms in total. The van der Waals surface area contributed by atoms with Gasteiger partial charge in [0.05, 0.1) is 18.8 Å². The van der Waals surface area contributed by atoms with E-state index in [2.05, 4.69) is 22.1 Å². The summed E-state index contributed by atoms with van der Waals surface area (Å²) in [4.78, 5) is 0.177. The highest BCUT2D eigenvalue weighted by Gasteiger charge is 2.17. The van der Waals surface area contributed by atoms with Gasteiger partial charge in [0.15, 0.2) is 0 Å². The summed E-state index contributed by atoms with van der Waals surface area (Å²) in [6.07, 6.45) is 3.80. The summed E-state index contributed by atoms with van der Waals surface area (Å²) >= 11 is 0. The Kier molecular flexibility index (Phi) is 7.14. The highest BCUT2D eigenvalue weighted by molar-refractivity contribution is 7.89. The van der Waals surface area contributed by atoms with Gasteiger partial charge in [-0.25, -0.2) is 13.1 Å². The molecule has 1 unspecified atom stereocenters. The van der Waals surface area contributed by atoms with E-state index in [4.69, 9.17) is 4.74 Å². The molecule has 1 rings (SSSR count). The van der Waals surface area contributed by atoms with Crippen molar-refractivity contribution in [3.8, 4) is 0 Å². The summed E-state index contributed by atoms with van der Waals surface area (Å²) in [5, 5.41) is 7.29. The van der Waals surface area contributed by atoms with Gasteiger partial charge in [-0.3, -0.25) is 4.68 Å². The average molecular weight is 304 g/mol. The molecule has 0 radical (unpaired) electrons. The Balaban J connectivity index is 2.52. The highest BCUT2D eigenvalue weighted by Crippen LogP contribution is 2.06. The van der Waals surface area contributed by atoms with Gasteiger partial charge < -0.3 is 10.1 Å². The molecule has 0 bridgehead atoms. The first kappa shape index (κ1) is 17.1. The quantitative estimate of drug-likeness (QED) is 0.603. The van der Waals surface area contributed by atoms with Gasteiger partial charge in [-0.2, -0.15) is 5.10 Å². The van der Waals surface area contributed by atoms with Crippen molar-refractivity contribution in [3.63, 3.8) is 0 Å². The first-order valence-electron chi connectivity index (χ1n) is 6.75. The molecular weight excluding hydrogens is 280 g/mol. The molecule has 1 aromatic rings. The first-order valence-corrected chi connectivity index (χ1v) is 8.23. The van der Waals surface area contributed by atoms with E-state index in [1.165, 1.54) is 12.4 Å². The minimum Gasteiger partial charge on any atom is -0.380 e. The molecule has 0 amide bonds. The molecule has 0 aromatic carbocycles. The molecular formula is C12H24N4O3S. The Morgan fingerprint density at radius 3 is 2.85 bits per heavy atom. The van der Waals surface area contributed by atoms with Gasteiger partial charge >= 0.3 is 0 Å². The van der Waals surface area contributed by atoms with E-state index in [-0.39, 0.29) is 17.5 Å². The first-order chi connectivity index (χ1) is 9.49. The number of nitrogens with one attached hydrogen (secondary N) is 2. The standard InChI is InChI=1S/C12H24N4O3S/c1-4-5-13-6-7-16-10-12(9-14-16)20(17,18)15-8-11(2)19-3/h9-11,13,15H,4-8H2,1-3H3. The Morgan fingerprint density at radius 2 is 2.20 bits per heavy atom. The third-order valence-corrected chi connectivity index (χ3v) is 4.21.